The Labute approximate surface area is 72.4 Å². The van der Waals surface area contributed by atoms with Crippen molar-refractivity contribution in [2.45, 2.75) is 13.1 Å². The molecular weight excluding hydrogens is 185 g/mol. The number of ketones is 2. The molecule has 0 bridgehead atoms. The maximum atomic E-state index is 12.2. The SMILES string of the molecule is C[C]1C(=O)C=CC(=O)C1C(F)(F)F. The molecule has 0 fully saturated rings. The Kier molecular flexibility index (Phi) is 2.28. The van der Waals surface area contributed by atoms with E-state index in [1.165, 1.54) is 0 Å². The van der Waals surface area contributed by atoms with Crippen LogP contribution >= 0.6 is 0 Å². The molecule has 0 aromatic carbocycles. The summed E-state index contributed by atoms with van der Waals surface area (Å²) in [7, 11) is 0. The highest BCUT2D eigenvalue weighted by Crippen LogP contribution is 2.36. The second-order valence-electron chi connectivity index (χ2n) is 2.76. The van der Waals surface area contributed by atoms with E-state index in [1.807, 2.05) is 0 Å². The predicted molar refractivity (Wildman–Crippen MR) is 37.6 cm³/mol. The maximum absolute atomic E-state index is 12.2. The third-order valence-corrected chi connectivity index (χ3v) is 1.83. The highest BCUT2D eigenvalue weighted by atomic mass is 19.4. The highest BCUT2D eigenvalue weighted by molar-refractivity contribution is 6.14. The third-order valence-electron chi connectivity index (χ3n) is 1.83. The monoisotopic (exact) mass is 191 g/mol. The van der Waals surface area contributed by atoms with Gasteiger partial charge in [-0.3, -0.25) is 9.59 Å². The van der Waals surface area contributed by atoms with Crippen LogP contribution in [0.4, 0.5) is 13.2 Å². The minimum atomic E-state index is -4.67. The summed E-state index contributed by atoms with van der Waals surface area (Å²) in [4.78, 5) is 21.6. The smallest absolute Gasteiger partial charge is 0.294 e. The molecule has 1 unspecified atom stereocenters. The zero-order valence-corrected chi connectivity index (χ0v) is 6.68. The fraction of sp³-hybridized carbons (Fsp3) is 0.375. The van der Waals surface area contributed by atoms with E-state index in [9.17, 15) is 22.8 Å². The first-order chi connectivity index (χ1) is 5.84. The van der Waals surface area contributed by atoms with Gasteiger partial charge in [-0.2, -0.15) is 13.2 Å². The summed E-state index contributed by atoms with van der Waals surface area (Å²) in [5, 5.41) is 0. The van der Waals surface area contributed by atoms with Crippen LogP contribution in [0.2, 0.25) is 0 Å². The number of allylic oxidation sites excluding steroid dienone is 2. The molecule has 0 saturated carbocycles. The van der Waals surface area contributed by atoms with Gasteiger partial charge in [-0.15, -0.1) is 0 Å². The molecule has 1 aliphatic rings. The Balaban J connectivity index is 3.03. The van der Waals surface area contributed by atoms with Crippen molar-refractivity contribution in [2.75, 3.05) is 0 Å². The molecule has 71 valence electrons. The molecule has 2 nitrogen and oxygen atoms in total. The molecule has 0 heterocycles. The van der Waals surface area contributed by atoms with Crippen LogP contribution in [0.3, 0.4) is 0 Å². The fourth-order valence-corrected chi connectivity index (χ4v) is 1.15. The maximum Gasteiger partial charge on any atom is 0.399 e. The van der Waals surface area contributed by atoms with Gasteiger partial charge in [-0.1, -0.05) is 6.92 Å². The topological polar surface area (TPSA) is 34.1 Å². The van der Waals surface area contributed by atoms with Crippen molar-refractivity contribution in [3.63, 3.8) is 0 Å². The molecule has 5 heteroatoms. The van der Waals surface area contributed by atoms with Gasteiger partial charge in [0.15, 0.2) is 11.6 Å². The van der Waals surface area contributed by atoms with Crippen LogP contribution in [0.1, 0.15) is 6.92 Å². The minimum absolute atomic E-state index is 0.458. The van der Waals surface area contributed by atoms with Crippen molar-refractivity contribution in [2.24, 2.45) is 5.92 Å². The molecule has 0 N–H and O–H groups in total. The standard InChI is InChI=1S/C8H6F3O2/c1-4-5(12)2-3-6(13)7(4)8(9,10)11/h2-3,7H,1H3. The average Bonchev–Trinajstić information content (AvgIpc) is 1.95. The minimum Gasteiger partial charge on any atom is -0.294 e. The first kappa shape index (κ1) is 9.95. The predicted octanol–water partition coefficient (Wildman–Crippen LogP) is 1.47. The van der Waals surface area contributed by atoms with Crippen LogP contribution in [0.5, 0.6) is 0 Å². The van der Waals surface area contributed by atoms with Crippen molar-refractivity contribution in [3.8, 4) is 0 Å². The van der Waals surface area contributed by atoms with E-state index in [0.717, 1.165) is 13.0 Å². The lowest BCUT2D eigenvalue weighted by atomic mass is 9.82. The van der Waals surface area contributed by atoms with Gasteiger partial charge >= 0.3 is 6.18 Å². The molecule has 1 radical (unpaired) electrons. The van der Waals surface area contributed by atoms with E-state index in [4.69, 9.17) is 0 Å². The van der Waals surface area contributed by atoms with E-state index in [-0.39, 0.29) is 0 Å². The number of halogens is 3. The number of hydrogen-bond donors (Lipinski definition) is 0. The Hall–Kier alpha value is -1.13. The first-order valence-corrected chi connectivity index (χ1v) is 3.50. The van der Waals surface area contributed by atoms with Gasteiger partial charge in [0.05, 0.1) is 5.92 Å². The molecule has 1 rings (SSSR count). The Morgan fingerprint density at radius 2 is 1.77 bits per heavy atom. The molecule has 1 atom stereocenters. The van der Waals surface area contributed by atoms with Gasteiger partial charge in [-0.05, 0) is 12.2 Å². The van der Waals surface area contributed by atoms with E-state index in [2.05, 4.69) is 0 Å². The summed E-state index contributed by atoms with van der Waals surface area (Å²) in [6.07, 6.45) is -3.13. The second-order valence-corrected chi connectivity index (χ2v) is 2.76. The summed E-state index contributed by atoms with van der Waals surface area (Å²) < 4.78 is 36.6. The summed E-state index contributed by atoms with van der Waals surface area (Å²) in [6, 6.07) is 0. The lowest BCUT2D eigenvalue weighted by Crippen LogP contribution is -2.39. The lowest BCUT2D eigenvalue weighted by Gasteiger charge is -2.24. The van der Waals surface area contributed by atoms with Gasteiger partial charge in [-0.25, -0.2) is 0 Å². The van der Waals surface area contributed by atoms with E-state index in [0.29, 0.717) is 6.08 Å². The van der Waals surface area contributed by atoms with Crippen molar-refractivity contribution in [3.05, 3.63) is 18.1 Å². The van der Waals surface area contributed by atoms with Crippen molar-refractivity contribution in [1.29, 1.82) is 0 Å². The van der Waals surface area contributed by atoms with Crippen molar-refractivity contribution >= 4 is 11.6 Å². The van der Waals surface area contributed by atoms with Gasteiger partial charge in [0.2, 0.25) is 0 Å². The Morgan fingerprint density at radius 1 is 1.23 bits per heavy atom. The highest BCUT2D eigenvalue weighted by Gasteiger charge is 2.50. The lowest BCUT2D eigenvalue weighted by molar-refractivity contribution is -0.176. The first-order valence-electron chi connectivity index (χ1n) is 3.50. The summed E-state index contributed by atoms with van der Waals surface area (Å²) >= 11 is 0. The summed E-state index contributed by atoms with van der Waals surface area (Å²) in [5.74, 6) is -4.52. The number of rotatable bonds is 0. The fourth-order valence-electron chi connectivity index (χ4n) is 1.15. The molecule has 0 saturated heterocycles. The van der Waals surface area contributed by atoms with Gasteiger partial charge in [0, 0.05) is 0 Å². The second kappa shape index (κ2) is 2.97. The zero-order chi connectivity index (χ0) is 10.2. The van der Waals surface area contributed by atoms with Crippen LogP contribution in [0.25, 0.3) is 0 Å². The van der Waals surface area contributed by atoms with Crippen LogP contribution in [0.15, 0.2) is 12.2 Å². The van der Waals surface area contributed by atoms with Crippen molar-refractivity contribution < 1.29 is 22.8 Å². The Morgan fingerprint density at radius 3 is 2.15 bits per heavy atom. The van der Waals surface area contributed by atoms with E-state index < -0.39 is 29.6 Å². The Bertz CT molecular complexity index is 278. The van der Waals surface area contributed by atoms with Gasteiger partial charge in [0.25, 0.3) is 0 Å². The molecule has 0 aromatic rings. The number of alkyl halides is 3. The average molecular weight is 191 g/mol. The van der Waals surface area contributed by atoms with Gasteiger partial charge in [0.1, 0.15) is 5.92 Å². The number of hydrogen-bond acceptors (Lipinski definition) is 2. The van der Waals surface area contributed by atoms with Crippen LogP contribution < -0.4 is 0 Å². The number of carbonyl (C=O) groups is 2. The summed E-state index contributed by atoms with van der Waals surface area (Å²) in [6.45, 7) is 1.03. The van der Waals surface area contributed by atoms with Crippen LogP contribution in [0, 0.1) is 11.8 Å². The quantitative estimate of drug-likeness (QED) is 0.581. The third kappa shape index (κ3) is 1.79. The van der Waals surface area contributed by atoms with E-state index in [1.54, 1.807) is 0 Å². The van der Waals surface area contributed by atoms with Crippen LogP contribution in [-0.4, -0.2) is 17.7 Å². The molecule has 0 amide bonds. The largest absolute Gasteiger partial charge is 0.399 e. The molecule has 0 aromatic heterocycles. The van der Waals surface area contributed by atoms with E-state index >= 15 is 0 Å². The van der Waals surface area contributed by atoms with Gasteiger partial charge < -0.3 is 0 Å². The van der Waals surface area contributed by atoms with Crippen LogP contribution in [-0.2, 0) is 9.59 Å². The molecular formula is C8H6F3O2. The number of carbonyl (C=O) groups excluding carboxylic acids is 2. The summed E-state index contributed by atoms with van der Waals surface area (Å²) in [5.41, 5.74) is 0. The molecule has 1 aliphatic carbocycles. The zero-order valence-electron chi connectivity index (χ0n) is 6.68. The normalized spacial score (nSPS) is 25.4. The molecule has 0 aliphatic heterocycles. The molecule has 0 spiro atoms. The molecule has 13 heavy (non-hydrogen) atoms. The van der Waals surface area contributed by atoms with Crippen molar-refractivity contribution in [1.82, 2.24) is 0 Å².